The first kappa shape index (κ1) is 21.6. The Labute approximate surface area is 183 Å². The van der Waals surface area contributed by atoms with Crippen LogP contribution >= 0.6 is 23.2 Å². The Morgan fingerprint density at radius 2 is 1.23 bits per heavy atom. The van der Waals surface area contributed by atoms with E-state index in [0.717, 1.165) is 0 Å². The van der Waals surface area contributed by atoms with Crippen molar-refractivity contribution < 1.29 is 18.0 Å². The first-order valence-corrected chi connectivity index (χ1v) is 10.7. The van der Waals surface area contributed by atoms with E-state index in [1.807, 2.05) is 0 Å². The molecule has 0 heterocycles. The molecule has 3 aromatic carbocycles. The Kier molecular flexibility index (Phi) is 6.61. The predicted molar refractivity (Wildman–Crippen MR) is 115 cm³/mol. The van der Waals surface area contributed by atoms with E-state index < -0.39 is 21.8 Å². The Bertz CT molecular complexity index is 1180. The maximum absolute atomic E-state index is 12.6. The van der Waals surface area contributed by atoms with Gasteiger partial charge in [0.05, 0.1) is 4.90 Å². The molecule has 3 rings (SSSR count). The fourth-order valence-corrected chi connectivity index (χ4v) is 3.75. The lowest BCUT2D eigenvalue weighted by Gasteiger charge is -2.10. The summed E-state index contributed by atoms with van der Waals surface area (Å²) < 4.78 is 27.6. The average molecular weight is 464 g/mol. The first-order valence-electron chi connectivity index (χ1n) is 8.49. The highest BCUT2D eigenvalue weighted by Crippen LogP contribution is 2.19. The Morgan fingerprint density at radius 1 is 0.700 bits per heavy atom. The molecule has 0 aliphatic heterocycles. The molecular formula is C20H15Cl2N3O4S. The van der Waals surface area contributed by atoms with Crippen molar-refractivity contribution in [3.8, 4) is 0 Å². The summed E-state index contributed by atoms with van der Waals surface area (Å²) in [5.41, 5.74) is 5.17. The summed E-state index contributed by atoms with van der Waals surface area (Å²) >= 11 is 11.6. The van der Waals surface area contributed by atoms with Crippen LogP contribution in [0.3, 0.4) is 0 Å². The van der Waals surface area contributed by atoms with Crippen molar-refractivity contribution in [2.75, 3.05) is 4.72 Å². The number of hydrogen-bond acceptors (Lipinski definition) is 4. The molecule has 30 heavy (non-hydrogen) atoms. The van der Waals surface area contributed by atoms with E-state index in [1.165, 1.54) is 48.5 Å². The third-order valence-electron chi connectivity index (χ3n) is 3.90. The van der Waals surface area contributed by atoms with Gasteiger partial charge in [0.25, 0.3) is 21.8 Å². The number of carbonyl (C=O) groups excluding carboxylic acids is 2. The van der Waals surface area contributed by atoms with Crippen molar-refractivity contribution in [3.63, 3.8) is 0 Å². The molecule has 0 aromatic heterocycles. The number of anilines is 1. The average Bonchev–Trinajstić information content (AvgIpc) is 2.74. The Balaban J connectivity index is 1.69. The molecule has 3 N–H and O–H groups in total. The van der Waals surface area contributed by atoms with Gasteiger partial charge >= 0.3 is 0 Å². The summed E-state index contributed by atoms with van der Waals surface area (Å²) in [7, 11) is -3.93. The largest absolute Gasteiger partial charge is 0.280 e. The van der Waals surface area contributed by atoms with Gasteiger partial charge in [-0.3, -0.25) is 25.2 Å². The third kappa shape index (κ3) is 5.50. The van der Waals surface area contributed by atoms with Crippen LogP contribution in [0.25, 0.3) is 0 Å². The SMILES string of the molecule is O=C(NNC(=O)c1cccc(S(=O)(=O)Nc2ccc(Cl)cc2)c1)c1ccc(Cl)cc1. The minimum Gasteiger partial charge on any atom is -0.280 e. The molecule has 0 fully saturated rings. The molecule has 0 unspecified atom stereocenters. The van der Waals surface area contributed by atoms with Crippen LogP contribution in [0, 0.1) is 0 Å². The summed E-state index contributed by atoms with van der Waals surface area (Å²) in [4.78, 5) is 24.3. The monoisotopic (exact) mass is 463 g/mol. The fourth-order valence-electron chi connectivity index (χ4n) is 2.40. The lowest BCUT2D eigenvalue weighted by molar-refractivity contribution is 0.0846. The van der Waals surface area contributed by atoms with Crippen molar-refractivity contribution in [3.05, 3.63) is 94.0 Å². The molecule has 2 amide bonds. The van der Waals surface area contributed by atoms with Gasteiger partial charge in [-0.1, -0.05) is 29.3 Å². The van der Waals surface area contributed by atoms with Crippen LogP contribution in [0.1, 0.15) is 20.7 Å². The second-order valence-corrected chi connectivity index (χ2v) is 8.61. The number of halogens is 2. The first-order chi connectivity index (χ1) is 14.2. The van der Waals surface area contributed by atoms with E-state index in [2.05, 4.69) is 15.6 Å². The van der Waals surface area contributed by atoms with E-state index in [4.69, 9.17) is 23.2 Å². The standard InChI is InChI=1S/C20H15Cl2N3O4S/c21-15-6-4-13(5-7-15)19(26)23-24-20(27)14-2-1-3-18(12-14)30(28,29)25-17-10-8-16(22)9-11-17/h1-12,25H,(H,23,26)(H,24,27). The van der Waals surface area contributed by atoms with Gasteiger partial charge in [0.1, 0.15) is 0 Å². The molecule has 7 nitrogen and oxygen atoms in total. The summed E-state index contributed by atoms with van der Waals surface area (Å²) in [5.74, 6) is -1.23. The van der Waals surface area contributed by atoms with E-state index in [1.54, 1.807) is 24.3 Å². The van der Waals surface area contributed by atoms with E-state index >= 15 is 0 Å². The van der Waals surface area contributed by atoms with Crippen LogP contribution in [0.4, 0.5) is 5.69 Å². The van der Waals surface area contributed by atoms with Crippen molar-refractivity contribution in [2.45, 2.75) is 4.90 Å². The minimum absolute atomic E-state index is 0.0467. The lowest BCUT2D eigenvalue weighted by atomic mass is 10.2. The highest BCUT2D eigenvalue weighted by Gasteiger charge is 2.17. The van der Waals surface area contributed by atoms with Gasteiger partial charge in [0.15, 0.2) is 0 Å². The smallest absolute Gasteiger partial charge is 0.269 e. The van der Waals surface area contributed by atoms with Crippen molar-refractivity contribution >= 4 is 50.7 Å². The molecule has 0 atom stereocenters. The molecule has 0 aliphatic rings. The third-order valence-corrected chi connectivity index (χ3v) is 5.78. The summed E-state index contributed by atoms with van der Waals surface area (Å²) in [5, 5.41) is 0.943. The van der Waals surface area contributed by atoms with Crippen molar-refractivity contribution in [2.24, 2.45) is 0 Å². The van der Waals surface area contributed by atoms with Gasteiger partial charge in [-0.25, -0.2) is 8.42 Å². The quantitative estimate of drug-likeness (QED) is 0.499. The molecule has 3 aromatic rings. The number of rotatable bonds is 5. The number of hydrogen-bond donors (Lipinski definition) is 3. The zero-order valence-corrected chi connectivity index (χ0v) is 17.6. The minimum atomic E-state index is -3.93. The normalized spacial score (nSPS) is 10.9. The molecule has 0 aliphatic carbocycles. The second-order valence-electron chi connectivity index (χ2n) is 6.06. The fraction of sp³-hybridized carbons (Fsp3) is 0. The van der Waals surface area contributed by atoms with Crippen molar-refractivity contribution in [1.29, 1.82) is 0 Å². The number of nitrogens with one attached hydrogen (secondary N) is 3. The number of sulfonamides is 1. The highest BCUT2D eigenvalue weighted by molar-refractivity contribution is 7.92. The van der Waals surface area contributed by atoms with E-state index in [-0.39, 0.29) is 10.5 Å². The van der Waals surface area contributed by atoms with Crippen LogP contribution in [0.15, 0.2) is 77.7 Å². The number of benzene rings is 3. The molecule has 10 heteroatoms. The molecule has 0 bridgehead atoms. The van der Waals surface area contributed by atoms with E-state index in [9.17, 15) is 18.0 Å². The van der Waals surface area contributed by atoms with Gasteiger partial charge in [0, 0.05) is 26.9 Å². The topological polar surface area (TPSA) is 104 Å². The van der Waals surface area contributed by atoms with Gasteiger partial charge in [-0.2, -0.15) is 0 Å². The number of hydrazine groups is 1. The van der Waals surface area contributed by atoms with Gasteiger partial charge in [-0.05, 0) is 66.7 Å². The summed E-state index contributed by atoms with van der Waals surface area (Å²) in [6.45, 7) is 0. The summed E-state index contributed by atoms with van der Waals surface area (Å²) in [6.07, 6.45) is 0. The Morgan fingerprint density at radius 3 is 1.83 bits per heavy atom. The zero-order valence-electron chi connectivity index (χ0n) is 15.2. The highest BCUT2D eigenvalue weighted by atomic mass is 35.5. The van der Waals surface area contributed by atoms with Crippen molar-refractivity contribution in [1.82, 2.24) is 10.9 Å². The van der Waals surface area contributed by atoms with Gasteiger partial charge < -0.3 is 0 Å². The number of carbonyl (C=O) groups is 2. The number of amides is 2. The van der Waals surface area contributed by atoms with Crippen LogP contribution < -0.4 is 15.6 Å². The zero-order chi connectivity index (χ0) is 21.7. The summed E-state index contributed by atoms with van der Waals surface area (Å²) in [6, 6.07) is 17.6. The van der Waals surface area contributed by atoms with Crippen LogP contribution in [-0.4, -0.2) is 20.2 Å². The van der Waals surface area contributed by atoms with Gasteiger partial charge in [-0.15, -0.1) is 0 Å². The molecule has 0 saturated heterocycles. The molecule has 0 saturated carbocycles. The van der Waals surface area contributed by atoms with Crippen LogP contribution in [0.2, 0.25) is 10.0 Å². The maximum Gasteiger partial charge on any atom is 0.269 e. The molecule has 0 radical (unpaired) electrons. The maximum atomic E-state index is 12.6. The molecular weight excluding hydrogens is 449 g/mol. The van der Waals surface area contributed by atoms with Crippen LogP contribution in [-0.2, 0) is 10.0 Å². The van der Waals surface area contributed by atoms with Crippen LogP contribution in [0.5, 0.6) is 0 Å². The van der Waals surface area contributed by atoms with Gasteiger partial charge in [0.2, 0.25) is 0 Å². The second kappa shape index (κ2) is 9.17. The molecule has 0 spiro atoms. The lowest BCUT2D eigenvalue weighted by Crippen LogP contribution is -2.41. The Hall–Kier alpha value is -3.07. The van der Waals surface area contributed by atoms with E-state index in [0.29, 0.717) is 21.3 Å². The molecule has 154 valence electrons. The predicted octanol–water partition coefficient (Wildman–Crippen LogP) is 3.87.